The van der Waals surface area contributed by atoms with E-state index in [1.165, 1.54) is 16.9 Å². The van der Waals surface area contributed by atoms with Crippen molar-refractivity contribution in [3.8, 4) is 11.3 Å². The Kier molecular flexibility index (Phi) is 6.17. The van der Waals surface area contributed by atoms with E-state index in [-0.39, 0.29) is 17.7 Å². The molecule has 2 aliphatic rings. The summed E-state index contributed by atoms with van der Waals surface area (Å²) >= 11 is 1.49. The fourth-order valence-electron chi connectivity index (χ4n) is 3.93. The van der Waals surface area contributed by atoms with Gasteiger partial charge in [-0.2, -0.15) is 0 Å². The Bertz CT molecular complexity index is 950. The highest BCUT2D eigenvalue weighted by Crippen LogP contribution is 2.36. The molecular formula is C22H28N4O3S. The molecule has 0 radical (unpaired) electrons. The normalized spacial score (nSPS) is 16.7. The highest BCUT2D eigenvalue weighted by Gasteiger charge is 2.27. The molecule has 8 heteroatoms. The monoisotopic (exact) mass is 428 g/mol. The third-order valence-electron chi connectivity index (χ3n) is 5.52. The van der Waals surface area contributed by atoms with Gasteiger partial charge in [-0.3, -0.25) is 14.5 Å². The van der Waals surface area contributed by atoms with Crippen LogP contribution in [0.4, 0.5) is 10.8 Å². The molecule has 3 heterocycles. The number of carbonyl (C=O) groups excluding carboxylic acids is 2. The SMILES string of the molecule is Cc1sc(NC(=O)CN2CCOCC2)nc1-c1ccc2c(c1)CCN2C(=O)C(C)C. The number of ether oxygens (including phenoxy) is 1. The van der Waals surface area contributed by atoms with E-state index in [0.29, 0.717) is 24.9 Å². The van der Waals surface area contributed by atoms with Crippen molar-refractivity contribution >= 4 is 34.0 Å². The lowest BCUT2D eigenvalue weighted by atomic mass is 10.1. The van der Waals surface area contributed by atoms with Crippen molar-refractivity contribution in [1.82, 2.24) is 9.88 Å². The van der Waals surface area contributed by atoms with E-state index < -0.39 is 0 Å². The van der Waals surface area contributed by atoms with Gasteiger partial charge >= 0.3 is 0 Å². The van der Waals surface area contributed by atoms with Gasteiger partial charge in [-0.15, -0.1) is 11.3 Å². The van der Waals surface area contributed by atoms with Crippen molar-refractivity contribution < 1.29 is 14.3 Å². The summed E-state index contributed by atoms with van der Waals surface area (Å²) in [6.07, 6.45) is 0.855. The van der Waals surface area contributed by atoms with Gasteiger partial charge in [0.15, 0.2) is 5.13 Å². The first-order valence-electron chi connectivity index (χ1n) is 10.4. The van der Waals surface area contributed by atoms with Crippen LogP contribution >= 0.6 is 11.3 Å². The molecule has 0 spiro atoms. The molecule has 30 heavy (non-hydrogen) atoms. The summed E-state index contributed by atoms with van der Waals surface area (Å²) in [6.45, 7) is 9.88. The molecule has 0 atom stereocenters. The molecule has 1 N–H and O–H groups in total. The van der Waals surface area contributed by atoms with Crippen LogP contribution in [0, 0.1) is 12.8 Å². The first-order chi connectivity index (χ1) is 14.4. The lowest BCUT2D eigenvalue weighted by Crippen LogP contribution is -2.41. The summed E-state index contributed by atoms with van der Waals surface area (Å²) in [5.74, 6) is 0.102. The summed E-state index contributed by atoms with van der Waals surface area (Å²) in [4.78, 5) is 34.5. The van der Waals surface area contributed by atoms with E-state index in [1.54, 1.807) is 0 Å². The van der Waals surface area contributed by atoms with E-state index in [0.717, 1.165) is 47.9 Å². The largest absolute Gasteiger partial charge is 0.379 e. The van der Waals surface area contributed by atoms with Gasteiger partial charge in [0, 0.05) is 41.7 Å². The molecule has 2 aliphatic heterocycles. The number of amides is 2. The number of morpholine rings is 1. The van der Waals surface area contributed by atoms with Gasteiger partial charge in [0.2, 0.25) is 11.8 Å². The number of anilines is 2. The fourth-order valence-corrected chi connectivity index (χ4v) is 4.78. The first-order valence-corrected chi connectivity index (χ1v) is 11.3. The number of nitrogens with one attached hydrogen (secondary N) is 1. The molecule has 0 aliphatic carbocycles. The fraction of sp³-hybridized carbons (Fsp3) is 0.500. The minimum atomic E-state index is -0.0472. The van der Waals surface area contributed by atoms with Crippen LogP contribution in [-0.2, 0) is 20.7 Å². The Morgan fingerprint density at radius 2 is 2.00 bits per heavy atom. The number of nitrogens with zero attached hydrogens (tertiary/aromatic N) is 3. The molecule has 0 saturated carbocycles. The zero-order valence-electron chi connectivity index (χ0n) is 17.7. The zero-order chi connectivity index (χ0) is 21.3. The van der Waals surface area contributed by atoms with Crippen LogP contribution in [0.3, 0.4) is 0 Å². The maximum atomic E-state index is 12.4. The van der Waals surface area contributed by atoms with E-state index in [4.69, 9.17) is 4.74 Å². The third-order valence-corrected chi connectivity index (χ3v) is 6.41. The molecule has 0 bridgehead atoms. The second-order valence-corrected chi connectivity index (χ2v) is 9.30. The van der Waals surface area contributed by atoms with E-state index in [2.05, 4.69) is 21.3 Å². The summed E-state index contributed by atoms with van der Waals surface area (Å²) in [7, 11) is 0. The summed E-state index contributed by atoms with van der Waals surface area (Å²) in [6, 6.07) is 6.17. The van der Waals surface area contributed by atoms with Gasteiger partial charge in [0.25, 0.3) is 0 Å². The molecule has 2 aromatic rings. The molecule has 4 rings (SSSR count). The number of hydrogen-bond acceptors (Lipinski definition) is 6. The van der Waals surface area contributed by atoms with Crippen LogP contribution in [0.1, 0.15) is 24.3 Å². The standard InChI is InChI=1S/C22H28N4O3S/c1-14(2)21(28)26-7-6-16-12-17(4-5-18(16)26)20-15(3)30-22(24-20)23-19(27)13-25-8-10-29-11-9-25/h4-5,12,14H,6-11,13H2,1-3H3,(H,23,24,27). The Morgan fingerprint density at radius 1 is 1.23 bits per heavy atom. The topological polar surface area (TPSA) is 74.8 Å². The van der Waals surface area contributed by atoms with Gasteiger partial charge in [0.1, 0.15) is 0 Å². The van der Waals surface area contributed by atoms with Gasteiger partial charge in [-0.05, 0) is 31.0 Å². The average Bonchev–Trinajstić information content (AvgIpc) is 3.30. The number of carbonyl (C=O) groups is 2. The zero-order valence-corrected chi connectivity index (χ0v) is 18.6. The second kappa shape index (κ2) is 8.83. The molecule has 160 valence electrons. The van der Waals surface area contributed by atoms with E-state index in [1.807, 2.05) is 37.8 Å². The first kappa shape index (κ1) is 21.0. The Hall–Kier alpha value is -2.29. The predicted molar refractivity (Wildman–Crippen MR) is 119 cm³/mol. The summed E-state index contributed by atoms with van der Waals surface area (Å²) in [5.41, 5.74) is 4.09. The molecule has 1 saturated heterocycles. The molecule has 7 nitrogen and oxygen atoms in total. The number of rotatable bonds is 5. The van der Waals surface area contributed by atoms with Crippen LogP contribution in [0.2, 0.25) is 0 Å². The number of thiazole rings is 1. The van der Waals surface area contributed by atoms with Crippen molar-refractivity contribution in [3.63, 3.8) is 0 Å². The van der Waals surface area contributed by atoms with E-state index >= 15 is 0 Å². The lowest BCUT2D eigenvalue weighted by Gasteiger charge is -2.25. The van der Waals surface area contributed by atoms with Crippen LogP contribution in [0.5, 0.6) is 0 Å². The van der Waals surface area contributed by atoms with Gasteiger partial charge in [0.05, 0.1) is 25.5 Å². The quantitative estimate of drug-likeness (QED) is 0.793. The Balaban J connectivity index is 1.47. The van der Waals surface area contributed by atoms with Gasteiger partial charge in [-0.25, -0.2) is 4.98 Å². The third kappa shape index (κ3) is 4.40. The van der Waals surface area contributed by atoms with Crippen LogP contribution < -0.4 is 10.2 Å². The van der Waals surface area contributed by atoms with Crippen molar-refractivity contribution in [3.05, 3.63) is 28.6 Å². The molecule has 2 amide bonds. The molecule has 1 aromatic carbocycles. The maximum absolute atomic E-state index is 12.4. The highest BCUT2D eigenvalue weighted by atomic mass is 32.1. The van der Waals surface area contributed by atoms with Crippen LogP contribution in [0.25, 0.3) is 11.3 Å². The number of aromatic nitrogens is 1. The van der Waals surface area contributed by atoms with Crippen molar-refractivity contribution in [2.75, 3.05) is 49.6 Å². The van der Waals surface area contributed by atoms with Crippen molar-refractivity contribution in [2.24, 2.45) is 5.92 Å². The number of hydrogen-bond donors (Lipinski definition) is 1. The lowest BCUT2D eigenvalue weighted by molar-refractivity contribution is -0.121. The van der Waals surface area contributed by atoms with Gasteiger partial charge < -0.3 is 15.0 Å². The number of benzene rings is 1. The van der Waals surface area contributed by atoms with Gasteiger partial charge in [-0.1, -0.05) is 19.9 Å². The molecule has 0 unspecified atom stereocenters. The maximum Gasteiger partial charge on any atom is 0.240 e. The smallest absolute Gasteiger partial charge is 0.240 e. The predicted octanol–water partition coefficient (Wildman–Crippen LogP) is 2.93. The second-order valence-electron chi connectivity index (χ2n) is 8.10. The van der Waals surface area contributed by atoms with Crippen LogP contribution in [0.15, 0.2) is 18.2 Å². The number of aryl methyl sites for hydroxylation is 1. The number of fused-ring (bicyclic) bond motifs is 1. The minimum absolute atomic E-state index is 0.0138. The molecule has 1 aromatic heterocycles. The van der Waals surface area contributed by atoms with Crippen molar-refractivity contribution in [2.45, 2.75) is 27.2 Å². The van der Waals surface area contributed by atoms with Crippen molar-refractivity contribution in [1.29, 1.82) is 0 Å². The van der Waals surface area contributed by atoms with Crippen LogP contribution in [-0.4, -0.2) is 61.1 Å². The minimum Gasteiger partial charge on any atom is -0.379 e. The average molecular weight is 429 g/mol. The Morgan fingerprint density at radius 3 is 2.73 bits per heavy atom. The Labute approximate surface area is 181 Å². The summed E-state index contributed by atoms with van der Waals surface area (Å²) < 4.78 is 5.33. The molecular weight excluding hydrogens is 400 g/mol. The van der Waals surface area contributed by atoms with E-state index in [9.17, 15) is 9.59 Å². The summed E-state index contributed by atoms with van der Waals surface area (Å²) in [5, 5.41) is 3.56. The molecule has 1 fully saturated rings. The highest BCUT2D eigenvalue weighted by molar-refractivity contribution is 7.16.